The third kappa shape index (κ3) is 2.76. The first-order valence-electron chi connectivity index (χ1n) is 6.55. The Morgan fingerprint density at radius 3 is 2.19 bits per heavy atom. The third-order valence-electron chi connectivity index (χ3n) is 3.59. The minimum absolute atomic E-state index is 0.00458. The summed E-state index contributed by atoms with van der Waals surface area (Å²) in [5.41, 5.74) is 4.76. The largest absolute Gasteiger partial charge is 0.506 e. The van der Waals surface area contributed by atoms with E-state index in [1.807, 2.05) is 33.0 Å². The van der Waals surface area contributed by atoms with E-state index in [4.69, 9.17) is 0 Å². The SMILES string of the molecule is C=Nc1cc(O)c(Nc2ccc(NC)c(C)c2C)cc1O. The van der Waals surface area contributed by atoms with Crippen LogP contribution in [0.5, 0.6) is 11.5 Å². The van der Waals surface area contributed by atoms with Crippen molar-refractivity contribution in [1.82, 2.24) is 0 Å². The highest BCUT2D eigenvalue weighted by atomic mass is 16.3. The average Bonchev–Trinajstić information content (AvgIpc) is 2.47. The number of hydrogen-bond acceptors (Lipinski definition) is 5. The molecule has 2 rings (SSSR count). The number of rotatable bonds is 4. The molecule has 4 N–H and O–H groups in total. The molecule has 0 aliphatic rings. The van der Waals surface area contributed by atoms with Gasteiger partial charge in [-0.15, -0.1) is 0 Å². The van der Waals surface area contributed by atoms with Crippen LogP contribution < -0.4 is 10.6 Å². The summed E-state index contributed by atoms with van der Waals surface area (Å²) in [5, 5.41) is 26.1. The maximum absolute atomic E-state index is 10.00. The van der Waals surface area contributed by atoms with Crippen molar-refractivity contribution in [3.05, 3.63) is 35.4 Å². The van der Waals surface area contributed by atoms with Crippen LogP contribution in [0.25, 0.3) is 0 Å². The highest BCUT2D eigenvalue weighted by molar-refractivity contribution is 5.76. The molecule has 0 fully saturated rings. The predicted octanol–water partition coefficient (Wildman–Crippen LogP) is 3.83. The first-order valence-corrected chi connectivity index (χ1v) is 6.55. The average molecular weight is 285 g/mol. The van der Waals surface area contributed by atoms with Crippen LogP contribution in [0.1, 0.15) is 11.1 Å². The van der Waals surface area contributed by atoms with Gasteiger partial charge in [0.1, 0.15) is 17.2 Å². The second kappa shape index (κ2) is 5.75. The minimum Gasteiger partial charge on any atom is -0.506 e. The van der Waals surface area contributed by atoms with E-state index in [0.29, 0.717) is 5.69 Å². The summed E-state index contributed by atoms with van der Waals surface area (Å²) in [7, 11) is 1.87. The van der Waals surface area contributed by atoms with Crippen LogP contribution in [0.2, 0.25) is 0 Å². The highest BCUT2D eigenvalue weighted by Crippen LogP contribution is 2.38. The molecule has 0 aromatic heterocycles. The number of nitrogens with one attached hydrogen (secondary N) is 2. The van der Waals surface area contributed by atoms with E-state index in [1.54, 1.807) is 0 Å². The molecule has 0 bridgehead atoms. The molecule has 5 heteroatoms. The van der Waals surface area contributed by atoms with Crippen molar-refractivity contribution in [2.75, 3.05) is 17.7 Å². The van der Waals surface area contributed by atoms with E-state index in [-0.39, 0.29) is 17.2 Å². The summed E-state index contributed by atoms with van der Waals surface area (Å²) >= 11 is 0. The van der Waals surface area contributed by atoms with Gasteiger partial charge in [-0.3, -0.25) is 4.99 Å². The Labute approximate surface area is 124 Å². The number of phenolic OH excluding ortho intramolecular Hbond substituents is 2. The van der Waals surface area contributed by atoms with Gasteiger partial charge in [-0.1, -0.05) is 0 Å². The molecule has 0 amide bonds. The second-order valence-electron chi connectivity index (χ2n) is 4.80. The Morgan fingerprint density at radius 2 is 1.57 bits per heavy atom. The topological polar surface area (TPSA) is 76.9 Å². The van der Waals surface area contributed by atoms with Crippen LogP contribution >= 0.6 is 0 Å². The molecule has 0 aliphatic carbocycles. The Hall–Kier alpha value is -2.69. The molecule has 2 aromatic rings. The summed E-state index contributed by atoms with van der Waals surface area (Å²) in [5.74, 6) is -0.0310. The molecule has 110 valence electrons. The van der Waals surface area contributed by atoms with Crippen LogP contribution in [0.4, 0.5) is 22.7 Å². The highest BCUT2D eigenvalue weighted by Gasteiger charge is 2.11. The van der Waals surface area contributed by atoms with Crippen molar-refractivity contribution >= 4 is 29.5 Å². The lowest BCUT2D eigenvalue weighted by Gasteiger charge is -2.16. The van der Waals surface area contributed by atoms with Crippen molar-refractivity contribution < 1.29 is 10.2 Å². The van der Waals surface area contributed by atoms with Crippen LogP contribution in [-0.2, 0) is 0 Å². The van der Waals surface area contributed by atoms with Crippen LogP contribution in [0.3, 0.4) is 0 Å². The van der Waals surface area contributed by atoms with Crippen molar-refractivity contribution in [1.29, 1.82) is 0 Å². The van der Waals surface area contributed by atoms with Gasteiger partial charge >= 0.3 is 0 Å². The molecule has 21 heavy (non-hydrogen) atoms. The zero-order chi connectivity index (χ0) is 15.6. The molecule has 0 aliphatic heterocycles. The van der Waals surface area contributed by atoms with E-state index in [9.17, 15) is 10.2 Å². The molecular formula is C16H19N3O2. The maximum Gasteiger partial charge on any atom is 0.143 e. The van der Waals surface area contributed by atoms with Crippen molar-refractivity contribution in [2.24, 2.45) is 4.99 Å². The monoisotopic (exact) mass is 285 g/mol. The summed E-state index contributed by atoms with van der Waals surface area (Å²) in [6.45, 7) is 7.36. The summed E-state index contributed by atoms with van der Waals surface area (Å²) < 4.78 is 0. The van der Waals surface area contributed by atoms with Crippen LogP contribution in [-0.4, -0.2) is 24.0 Å². The molecule has 0 unspecified atom stereocenters. The fraction of sp³-hybridized carbons (Fsp3) is 0.188. The Kier molecular flexibility index (Phi) is 4.03. The van der Waals surface area contributed by atoms with Crippen LogP contribution in [0, 0.1) is 13.8 Å². The smallest absolute Gasteiger partial charge is 0.143 e. The Balaban J connectivity index is 2.41. The summed E-state index contributed by atoms with van der Waals surface area (Å²) in [6.07, 6.45) is 0. The Morgan fingerprint density at radius 1 is 0.952 bits per heavy atom. The van der Waals surface area contributed by atoms with Gasteiger partial charge in [-0.05, 0) is 43.8 Å². The lowest BCUT2D eigenvalue weighted by molar-refractivity contribution is 0.463. The summed E-state index contributed by atoms with van der Waals surface area (Å²) in [4.78, 5) is 3.64. The number of anilines is 3. The van der Waals surface area contributed by atoms with E-state index in [1.165, 1.54) is 12.1 Å². The molecule has 0 radical (unpaired) electrons. The molecule has 0 atom stereocenters. The van der Waals surface area contributed by atoms with E-state index in [2.05, 4.69) is 22.3 Å². The fourth-order valence-electron chi connectivity index (χ4n) is 2.16. The van der Waals surface area contributed by atoms with E-state index >= 15 is 0 Å². The molecule has 5 nitrogen and oxygen atoms in total. The Bertz CT molecular complexity index is 696. The summed E-state index contributed by atoms with van der Waals surface area (Å²) in [6, 6.07) is 6.68. The van der Waals surface area contributed by atoms with Gasteiger partial charge in [0.05, 0.1) is 5.69 Å². The van der Waals surface area contributed by atoms with E-state index in [0.717, 1.165) is 22.5 Å². The number of phenols is 2. The predicted molar refractivity (Wildman–Crippen MR) is 87.7 cm³/mol. The van der Waals surface area contributed by atoms with Gasteiger partial charge < -0.3 is 20.8 Å². The molecule has 0 heterocycles. The number of aromatic hydroxyl groups is 2. The minimum atomic E-state index is -0.0356. The number of benzene rings is 2. The van der Waals surface area contributed by atoms with Gasteiger partial charge in [0.2, 0.25) is 0 Å². The molecule has 0 saturated heterocycles. The van der Waals surface area contributed by atoms with Crippen molar-refractivity contribution in [2.45, 2.75) is 13.8 Å². The normalized spacial score (nSPS) is 10.2. The van der Waals surface area contributed by atoms with Crippen LogP contribution in [0.15, 0.2) is 29.3 Å². The first-order chi connectivity index (χ1) is 9.97. The number of nitrogens with zero attached hydrogens (tertiary/aromatic N) is 1. The van der Waals surface area contributed by atoms with Crippen molar-refractivity contribution in [3.63, 3.8) is 0 Å². The number of aliphatic imine (C=N–C) groups is 1. The fourth-order valence-corrected chi connectivity index (χ4v) is 2.16. The van der Waals surface area contributed by atoms with Gasteiger partial charge in [-0.25, -0.2) is 0 Å². The zero-order valence-corrected chi connectivity index (χ0v) is 12.4. The van der Waals surface area contributed by atoms with Crippen molar-refractivity contribution in [3.8, 4) is 11.5 Å². The van der Waals surface area contributed by atoms with E-state index < -0.39 is 0 Å². The van der Waals surface area contributed by atoms with Gasteiger partial charge in [0.15, 0.2) is 0 Å². The van der Waals surface area contributed by atoms with Gasteiger partial charge in [0, 0.05) is 30.6 Å². The third-order valence-corrected chi connectivity index (χ3v) is 3.59. The molecular weight excluding hydrogens is 266 g/mol. The first kappa shape index (κ1) is 14.7. The maximum atomic E-state index is 10.00. The molecule has 2 aromatic carbocycles. The zero-order valence-electron chi connectivity index (χ0n) is 12.4. The lowest BCUT2D eigenvalue weighted by Crippen LogP contribution is -1.99. The quantitative estimate of drug-likeness (QED) is 0.391. The standard InChI is InChI=1S/C16H19N3O2/c1-9-10(2)12(6-5-11(9)17-3)19-14-8-15(20)13(18-4)7-16(14)21/h5-8,17,19-21H,4H2,1-3H3. The second-order valence-corrected chi connectivity index (χ2v) is 4.80. The molecule has 0 spiro atoms. The number of hydrogen-bond donors (Lipinski definition) is 4. The van der Waals surface area contributed by atoms with Gasteiger partial charge in [-0.2, -0.15) is 0 Å². The van der Waals surface area contributed by atoms with Gasteiger partial charge in [0.25, 0.3) is 0 Å². The lowest BCUT2D eigenvalue weighted by atomic mass is 10.1. The molecule has 0 saturated carbocycles.